The zero-order valence-corrected chi connectivity index (χ0v) is 12.5. The fourth-order valence-electron chi connectivity index (χ4n) is 2.69. The molecule has 5 heteroatoms. The number of aliphatic carboxylic acids is 1. The first-order valence-corrected chi connectivity index (χ1v) is 7.86. The van der Waals surface area contributed by atoms with Gasteiger partial charge in [0.15, 0.2) is 0 Å². The van der Waals surface area contributed by atoms with E-state index in [-0.39, 0.29) is 0 Å². The van der Waals surface area contributed by atoms with E-state index in [0.29, 0.717) is 13.0 Å². The van der Waals surface area contributed by atoms with Crippen molar-refractivity contribution in [2.24, 2.45) is 5.41 Å². The lowest BCUT2D eigenvalue weighted by Crippen LogP contribution is -2.33. The van der Waals surface area contributed by atoms with E-state index in [2.05, 4.69) is 22.2 Å². The van der Waals surface area contributed by atoms with E-state index in [1.807, 2.05) is 6.92 Å². The number of hydrogen-bond acceptors (Lipinski definition) is 4. The van der Waals surface area contributed by atoms with Crippen LogP contribution in [-0.2, 0) is 17.8 Å². The minimum absolute atomic E-state index is 0.539. The number of nitrogens with zero attached hydrogens (tertiary/aromatic N) is 2. The second-order valence-electron chi connectivity index (χ2n) is 5.38. The Kier molecular flexibility index (Phi) is 4.58. The Hall–Kier alpha value is -0.940. The molecule has 1 aromatic heterocycles. The van der Waals surface area contributed by atoms with E-state index in [0.717, 1.165) is 38.0 Å². The minimum atomic E-state index is -0.651. The fraction of sp³-hybridized carbons (Fsp3) is 0.714. The molecule has 0 saturated carbocycles. The van der Waals surface area contributed by atoms with Crippen molar-refractivity contribution in [1.82, 2.24) is 9.88 Å². The van der Waals surface area contributed by atoms with Crippen molar-refractivity contribution >= 4 is 17.3 Å². The molecule has 0 aliphatic carbocycles. The molecule has 106 valence electrons. The van der Waals surface area contributed by atoms with Crippen LogP contribution in [0.3, 0.4) is 0 Å². The molecule has 2 heterocycles. The van der Waals surface area contributed by atoms with Crippen molar-refractivity contribution in [2.45, 2.75) is 46.1 Å². The zero-order chi connectivity index (χ0) is 13.9. The molecular formula is C14H22N2O2S. The van der Waals surface area contributed by atoms with Crippen LogP contribution in [0.15, 0.2) is 5.38 Å². The second kappa shape index (κ2) is 6.01. The van der Waals surface area contributed by atoms with Crippen LogP contribution >= 0.6 is 11.3 Å². The fourth-order valence-corrected chi connectivity index (χ4v) is 3.58. The van der Waals surface area contributed by atoms with Crippen molar-refractivity contribution in [3.8, 4) is 0 Å². The Bertz CT molecular complexity index is 446. The molecular weight excluding hydrogens is 260 g/mol. The van der Waals surface area contributed by atoms with Gasteiger partial charge < -0.3 is 5.11 Å². The van der Waals surface area contributed by atoms with Crippen LogP contribution in [-0.4, -0.2) is 34.0 Å². The SMILES string of the molecule is CCCc1nc(CN2CCC(CC)(C(=O)O)C2)cs1. The minimum Gasteiger partial charge on any atom is -0.481 e. The van der Waals surface area contributed by atoms with Crippen LogP contribution in [0.1, 0.15) is 43.8 Å². The maximum Gasteiger partial charge on any atom is 0.310 e. The second-order valence-corrected chi connectivity index (χ2v) is 6.32. The molecule has 1 fully saturated rings. The predicted octanol–water partition coefficient (Wildman–Crippen LogP) is 2.78. The van der Waals surface area contributed by atoms with E-state index >= 15 is 0 Å². The molecule has 19 heavy (non-hydrogen) atoms. The highest BCUT2D eigenvalue weighted by molar-refractivity contribution is 7.09. The van der Waals surface area contributed by atoms with Crippen molar-refractivity contribution in [2.75, 3.05) is 13.1 Å². The molecule has 0 aromatic carbocycles. The number of rotatable bonds is 6. The number of carbonyl (C=O) groups is 1. The topological polar surface area (TPSA) is 53.4 Å². The highest BCUT2D eigenvalue weighted by Crippen LogP contribution is 2.34. The van der Waals surface area contributed by atoms with Crippen molar-refractivity contribution in [1.29, 1.82) is 0 Å². The van der Waals surface area contributed by atoms with Crippen molar-refractivity contribution in [3.63, 3.8) is 0 Å². The first-order valence-electron chi connectivity index (χ1n) is 6.98. The molecule has 0 amide bonds. The summed E-state index contributed by atoms with van der Waals surface area (Å²) in [6.07, 6.45) is 3.62. The van der Waals surface area contributed by atoms with Gasteiger partial charge in [-0.2, -0.15) is 0 Å². The molecule has 1 aliphatic heterocycles. The largest absolute Gasteiger partial charge is 0.481 e. The summed E-state index contributed by atoms with van der Waals surface area (Å²) < 4.78 is 0. The first kappa shape index (κ1) is 14.5. The number of likely N-dealkylation sites (tertiary alicyclic amines) is 1. The van der Waals surface area contributed by atoms with Gasteiger partial charge >= 0.3 is 5.97 Å². The lowest BCUT2D eigenvalue weighted by molar-refractivity contribution is -0.148. The van der Waals surface area contributed by atoms with Gasteiger partial charge in [0.2, 0.25) is 0 Å². The Morgan fingerprint density at radius 3 is 2.95 bits per heavy atom. The molecule has 1 atom stereocenters. The number of aromatic nitrogens is 1. The van der Waals surface area contributed by atoms with Gasteiger partial charge in [0, 0.05) is 18.5 Å². The molecule has 1 aromatic rings. The summed E-state index contributed by atoms with van der Waals surface area (Å²) >= 11 is 1.72. The lowest BCUT2D eigenvalue weighted by Gasteiger charge is -2.22. The third kappa shape index (κ3) is 3.15. The third-order valence-corrected chi connectivity index (χ3v) is 4.97. The van der Waals surface area contributed by atoms with Crippen LogP contribution in [0.5, 0.6) is 0 Å². The molecule has 0 radical (unpaired) electrons. The number of aryl methyl sites for hydroxylation is 1. The quantitative estimate of drug-likeness (QED) is 0.871. The van der Waals surface area contributed by atoms with Gasteiger partial charge in [-0.15, -0.1) is 11.3 Å². The Labute approximate surface area is 118 Å². The van der Waals surface area contributed by atoms with Crippen molar-refractivity contribution in [3.05, 3.63) is 16.1 Å². The van der Waals surface area contributed by atoms with Crippen LogP contribution in [0.4, 0.5) is 0 Å². The van der Waals surface area contributed by atoms with Crippen LogP contribution in [0, 0.1) is 5.41 Å². The summed E-state index contributed by atoms with van der Waals surface area (Å²) in [7, 11) is 0. The van der Waals surface area contributed by atoms with E-state index in [9.17, 15) is 9.90 Å². The summed E-state index contributed by atoms with van der Waals surface area (Å²) in [5.74, 6) is -0.651. The molecule has 1 N–H and O–H groups in total. The number of thiazole rings is 1. The standard InChI is InChI=1S/C14H22N2O2S/c1-3-5-12-15-11(9-19-12)8-16-7-6-14(4-2,10-16)13(17)18/h9H,3-8,10H2,1-2H3,(H,17,18). The highest BCUT2D eigenvalue weighted by Gasteiger charge is 2.43. The Morgan fingerprint density at radius 2 is 2.37 bits per heavy atom. The van der Waals surface area contributed by atoms with Crippen molar-refractivity contribution < 1.29 is 9.90 Å². The molecule has 1 unspecified atom stereocenters. The average Bonchev–Trinajstić information content (AvgIpc) is 2.98. The molecule has 2 rings (SSSR count). The monoisotopic (exact) mass is 282 g/mol. The van der Waals surface area contributed by atoms with Gasteiger partial charge in [0.05, 0.1) is 16.1 Å². The van der Waals surface area contributed by atoms with Crippen LogP contribution in [0.2, 0.25) is 0 Å². The molecule has 4 nitrogen and oxygen atoms in total. The van der Waals surface area contributed by atoms with Gasteiger partial charge in [-0.3, -0.25) is 9.69 Å². The summed E-state index contributed by atoms with van der Waals surface area (Å²) in [4.78, 5) is 18.2. The zero-order valence-electron chi connectivity index (χ0n) is 11.7. The van der Waals surface area contributed by atoms with E-state index in [4.69, 9.17) is 0 Å². The Balaban J connectivity index is 1.95. The molecule has 1 aliphatic rings. The molecule has 0 bridgehead atoms. The maximum absolute atomic E-state index is 11.4. The summed E-state index contributed by atoms with van der Waals surface area (Å²) in [5, 5.41) is 12.7. The number of carboxylic acids is 1. The van der Waals surface area contributed by atoms with Gasteiger partial charge in [-0.1, -0.05) is 13.8 Å². The summed E-state index contributed by atoms with van der Waals surface area (Å²) in [6.45, 7) is 6.43. The first-order chi connectivity index (χ1) is 9.09. The summed E-state index contributed by atoms with van der Waals surface area (Å²) in [6, 6.07) is 0. The number of hydrogen-bond donors (Lipinski definition) is 1. The normalized spacial score (nSPS) is 23.9. The number of carboxylic acid groups (broad SMARTS) is 1. The lowest BCUT2D eigenvalue weighted by atomic mass is 9.84. The van der Waals surface area contributed by atoms with Gasteiger partial charge in [-0.25, -0.2) is 4.98 Å². The third-order valence-electron chi connectivity index (χ3n) is 4.01. The van der Waals surface area contributed by atoms with E-state index in [1.165, 1.54) is 5.01 Å². The highest BCUT2D eigenvalue weighted by atomic mass is 32.1. The van der Waals surface area contributed by atoms with Gasteiger partial charge in [0.1, 0.15) is 0 Å². The van der Waals surface area contributed by atoms with Gasteiger partial charge in [-0.05, 0) is 32.2 Å². The maximum atomic E-state index is 11.4. The summed E-state index contributed by atoms with van der Waals surface area (Å²) in [5.41, 5.74) is 0.549. The molecule has 1 saturated heterocycles. The van der Waals surface area contributed by atoms with E-state index < -0.39 is 11.4 Å². The van der Waals surface area contributed by atoms with Crippen LogP contribution < -0.4 is 0 Å². The van der Waals surface area contributed by atoms with E-state index in [1.54, 1.807) is 11.3 Å². The average molecular weight is 282 g/mol. The Morgan fingerprint density at radius 1 is 1.58 bits per heavy atom. The molecule has 0 spiro atoms. The smallest absolute Gasteiger partial charge is 0.310 e. The predicted molar refractivity (Wildman–Crippen MR) is 76.4 cm³/mol. The van der Waals surface area contributed by atoms with Gasteiger partial charge in [0.25, 0.3) is 0 Å². The van der Waals surface area contributed by atoms with Crippen LogP contribution in [0.25, 0.3) is 0 Å².